The Hall–Kier alpha value is -2.48. The standard InChI is InChI=1S/C25H31N3O3S/c1-17-14-18(2)16-20(15-17)24(29)28(9-5-8-27-10-12-31-13-11-27)25-26-22-21(30-4)7-6-19(3)23(22)32-25/h6-7,14-16H,5,8-13H2,1-4H3. The molecule has 2 heterocycles. The molecule has 6 nitrogen and oxygen atoms in total. The number of aryl methyl sites for hydroxylation is 3. The average molecular weight is 454 g/mol. The van der Waals surface area contributed by atoms with Crippen molar-refractivity contribution in [2.24, 2.45) is 0 Å². The van der Waals surface area contributed by atoms with Gasteiger partial charge in [0.2, 0.25) is 0 Å². The van der Waals surface area contributed by atoms with Crippen LogP contribution < -0.4 is 9.64 Å². The fraction of sp³-hybridized carbons (Fsp3) is 0.440. The van der Waals surface area contributed by atoms with E-state index in [1.165, 1.54) is 0 Å². The quantitative estimate of drug-likeness (QED) is 0.523. The SMILES string of the molecule is COc1ccc(C)c2sc(N(CCCN3CCOCC3)C(=O)c3cc(C)cc(C)c3)nc12. The smallest absolute Gasteiger partial charge is 0.260 e. The maximum absolute atomic E-state index is 13.7. The summed E-state index contributed by atoms with van der Waals surface area (Å²) in [5, 5.41) is 0.721. The van der Waals surface area contributed by atoms with E-state index in [-0.39, 0.29) is 5.91 Å². The summed E-state index contributed by atoms with van der Waals surface area (Å²) in [6, 6.07) is 9.99. The molecule has 0 saturated carbocycles. The van der Waals surface area contributed by atoms with Gasteiger partial charge in [-0.05, 0) is 51.0 Å². The van der Waals surface area contributed by atoms with Crippen molar-refractivity contribution < 1.29 is 14.3 Å². The molecule has 0 spiro atoms. The van der Waals surface area contributed by atoms with Crippen LogP contribution in [0.5, 0.6) is 5.75 Å². The van der Waals surface area contributed by atoms with Crippen molar-refractivity contribution in [1.29, 1.82) is 0 Å². The zero-order valence-electron chi connectivity index (χ0n) is 19.3. The lowest BCUT2D eigenvalue weighted by molar-refractivity contribution is 0.0376. The lowest BCUT2D eigenvalue weighted by Crippen LogP contribution is -2.39. The van der Waals surface area contributed by atoms with Gasteiger partial charge in [-0.1, -0.05) is 34.6 Å². The van der Waals surface area contributed by atoms with E-state index in [9.17, 15) is 4.79 Å². The molecular formula is C25H31N3O3S. The number of thiazole rings is 1. The molecule has 170 valence electrons. The Balaban J connectivity index is 1.65. The van der Waals surface area contributed by atoms with E-state index in [0.717, 1.165) is 77.1 Å². The fourth-order valence-electron chi connectivity index (χ4n) is 4.19. The van der Waals surface area contributed by atoms with Gasteiger partial charge in [-0.25, -0.2) is 4.98 Å². The van der Waals surface area contributed by atoms with E-state index in [1.54, 1.807) is 18.4 Å². The van der Waals surface area contributed by atoms with Gasteiger partial charge in [0, 0.05) is 31.7 Å². The van der Waals surface area contributed by atoms with Gasteiger partial charge in [0.25, 0.3) is 5.91 Å². The van der Waals surface area contributed by atoms with Crippen LogP contribution in [-0.4, -0.2) is 62.3 Å². The first-order valence-corrected chi connectivity index (χ1v) is 11.9. The highest BCUT2D eigenvalue weighted by molar-refractivity contribution is 7.22. The van der Waals surface area contributed by atoms with Gasteiger partial charge in [-0.3, -0.25) is 14.6 Å². The molecule has 1 aliphatic heterocycles. The molecule has 7 heteroatoms. The van der Waals surface area contributed by atoms with Crippen molar-refractivity contribution >= 4 is 32.6 Å². The number of hydrogen-bond donors (Lipinski definition) is 0. The Labute approximate surface area is 193 Å². The molecule has 32 heavy (non-hydrogen) atoms. The van der Waals surface area contributed by atoms with Crippen molar-refractivity contribution in [3.63, 3.8) is 0 Å². The second-order valence-corrected chi connectivity index (χ2v) is 9.38. The first-order chi connectivity index (χ1) is 15.5. The Morgan fingerprint density at radius 3 is 2.56 bits per heavy atom. The van der Waals surface area contributed by atoms with E-state index >= 15 is 0 Å². The molecule has 0 atom stereocenters. The van der Waals surface area contributed by atoms with Crippen molar-refractivity contribution in [1.82, 2.24) is 9.88 Å². The van der Waals surface area contributed by atoms with Crippen LogP contribution in [0.2, 0.25) is 0 Å². The van der Waals surface area contributed by atoms with Crippen molar-refractivity contribution in [3.05, 3.63) is 52.6 Å². The summed E-state index contributed by atoms with van der Waals surface area (Å²) in [7, 11) is 1.66. The summed E-state index contributed by atoms with van der Waals surface area (Å²) in [4.78, 5) is 22.8. The van der Waals surface area contributed by atoms with E-state index in [1.807, 2.05) is 43.0 Å². The van der Waals surface area contributed by atoms with Gasteiger partial charge in [-0.2, -0.15) is 0 Å². The molecule has 3 aromatic rings. The average Bonchev–Trinajstić information content (AvgIpc) is 3.23. The number of nitrogens with zero attached hydrogens (tertiary/aromatic N) is 3. The summed E-state index contributed by atoms with van der Waals surface area (Å²) in [5.74, 6) is 0.731. The minimum Gasteiger partial charge on any atom is -0.494 e. The molecule has 0 N–H and O–H groups in total. The second kappa shape index (κ2) is 9.98. The molecule has 0 radical (unpaired) electrons. The van der Waals surface area contributed by atoms with Crippen LogP contribution in [0.1, 0.15) is 33.5 Å². The Kier molecular flexibility index (Phi) is 7.08. The molecule has 0 bridgehead atoms. The number of rotatable bonds is 7. The van der Waals surface area contributed by atoms with Gasteiger partial charge in [0.1, 0.15) is 11.3 Å². The van der Waals surface area contributed by atoms with Crippen LogP contribution >= 0.6 is 11.3 Å². The summed E-state index contributed by atoms with van der Waals surface area (Å²) in [6.07, 6.45) is 0.878. The van der Waals surface area contributed by atoms with Crippen molar-refractivity contribution in [2.45, 2.75) is 27.2 Å². The van der Waals surface area contributed by atoms with Crippen molar-refractivity contribution in [2.75, 3.05) is 51.4 Å². The van der Waals surface area contributed by atoms with E-state index in [4.69, 9.17) is 14.5 Å². The normalized spacial score (nSPS) is 14.6. The molecule has 1 aliphatic rings. The van der Waals surface area contributed by atoms with E-state index in [0.29, 0.717) is 12.1 Å². The van der Waals surface area contributed by atoms with Crippen LogP contribution in [-0.2, 0) is 4.74 Å². The number of morpholine rings is 1. The van der Waals surface area contributed by atoms with Crippen LogP contribution in [0, 0.1) is 20.8 Å². The fourth-order valence-corrected chi connectivity index (χ4v) is 5.27. The second-order valence-electron chi connectivity index (χ2n) is 8.40. The molecule has 1 aromatic heterocycles. The number of aromatic nitrogens is 1. The molecule has 1 fully saturated rings. The summed E-state index contributed by atoms with van der Waals surface area (Å²) in [6.45, 7) is 11.1. The summed E-state index contributed by atoms with van der Waals surface area (Å²) in [5.41, 5.74) is 4.83. The predicted molar refractivity (Wildman–Crippen MR) is 130 cm³/mol. The van der Waals surface area contributed by atoms with Crippen LogP contribution in [0.4, 0.5) is 5.13 Å². The highest BCUT2D eigenvalue weighted by atomic mass is 32.1. The van der Waals surface area contributed by atoms with Crippen LogP contribution in [0.25, 0.3) is 10.2 Å². The number of ether oxygens (including phenoxy) is 2. The largest absolute Gasteiger partial charge is 0.494 e. The van der Waals surface area contributed by atoms with Gasteiger partial charge < -0.3 is 9.47 Å². The summed E-state index contributed by atoms with van der Waals surface area (Å²) >= 11 is 1.56. The predicted octanol–water partition coefficient (Wildman–Crippen LogP) is 4.60. The van der Waals surface area contributed by atoms with Gasteiger partial charge in [0.15, 0.2) is 5.13 Å². The lowest BCUT2D eigenvalue weighted by atomic mass is 10.1. The minimum atomic E-state index is -0.00514. The molecule has 0 aliphatic carbocycles. The molecule has 1 saturated heterocycles. The molecule has 4 rings (SSSR count). The zero-order valence-corrected chi connectivity index (χ0v) is 20.1. The molecule has 0 unspecified atom stereocenters. The maximum Gasteiger partial charge on any atom is 0.260 e. The van der Waals surface area contributed by atoms with Crippen molar-refractivity contribution in [3.8, 4) is 5.75 Å². The number of hydrogen-bond acceptors (Lipinski definition) is 6. The number of amides is 1. The highest BCUT2D eigenvalue weighted by Crippen LogP contribution is 2.37. The van der Waals surface area contributed by atoms with Crippen LogP contribution in [0.3, 0.4) is 0 Å². The Bertz CT molecular complexity index is 1090. The first kappa shape index (κ1) is 22.7. The number of carbonyl (C=O) groups is 1. The number of anilines is 1. The van der Waals surface area contributed by atoms with Crippen LogP contribution in [0.15, 0.2) is 30.3 Å². The van der Waals surface area contributed by atoms with Gasteiger partial charge in [0.05, 0.1) is 25.0 Å². The lowest BCUT2D eigenvalue weighted by Gasteiger charge is -2.27. The highest BCUT2D eigenvalue weighted by Gasteiger charge is 2.23. The maximum atomic E-state index is 13.7. The number of fused-ring (bicyclic) bond motifs is 1. The van der Waals surface area contributed by atoms with E-state index < -0.39 is 0 Å². The number of benzene rings is 2. The Morgan fingerprint density at radius 2 is 1.88 bits per heavy atom. The zero-order chi connectivity index (χ0) is 22.7. The number of methoxy groups -OCH3 is 1. The monoisotopic (exact) mass is 453 g/mol. The molecule has 1 amide bonds. The topological polar surface area (TPSA) is 54.9 Å². The number of carbonyl (C=O) groups excluding carboxylic acids is 1. The Morgan fingerprint density at radius 1 is 1.16 bits per heavy atom. The first-order valence-electron chi connectivity index (χ1n) is 11.1. The third-order valence-electron chi connectivity index (χ3n) is 5.82. The van der Waals surface area contributed by atoms with Gasteiger partial charge >= 0.3 is 0 Å². The third kappa shape index (κ3) is 4.95. The van der Waals surface area contributed by atoms with Gasteiger partial charge in [-0.15, -0.1) is 0 Å². The molecule has 2 aromatic carbocycles. The summed E-state index contributed by atoms with van der Waals surface area (Å²) < 4.78 is 12.1. The van der Waals surface area contributed by atoms with E-state index in [2.05, 4.69) is 17.9 Å². The minimum absolute atomic E-state index is 0.00514. The molecular weight excluding hydrogens is 422 g/mol. The third-order valence-corrected chi connectivity index (χ3v) is 7.03.